The lowest BCUT2D eigenvalue weighted by Gasteiger charge is -2.18. The number of nitrogens with zero attached hydrogens (tertiary/aromatic N) is 4. The Labute approximate surface area is 164 Å². The van der Waals surface area contributed by atoms with E-state index >= 15 is 0 Å². The smallest absolute Gasteiger partial charge is 0.160 e. The number of aromatic nitrogens is 5. The summed E-state index contributed by atoms with van der Waals surface area (Å²) in [5.41, 5.74) is 6.03. The average Bonchev–Trinajstić information content (AvgIpc) is 3.32. The molecule has 142 valence electrons. The number of H-pyrrole nitrogens is 1. The maximum atomic E-state index is 5.00. The largest absolute Gasteiger partial charge is 0.340 e. The second-order valence-corrected chi connectivity index (χ2v) is 8.96. The minimum Gasteiger partial charge on any atom is -0.340 e. The molecule has 0 spiro atoms. The highest BCUT2D eigenvalue weighted by Crippen LogP contribution is 2.41. The van der Waals surface area contributed by atoms with E-state index in [1.807, 2.05) is 18.5 Å². The van der Waals surface area contributed by atoms with Gasteiger partial charge in [0, 0.05) is 18.0 Å². The Morgan fingerprint density at radius 2 is 1.82 bits per heavy atom. The lowest BCUT2D eigenvalue weighted by atomic mass is 9.97. The first kappa shape index (κ1) is 17.2. The van der Waals surface area contributed by atoms with E-state index in [-0.39, 0.29) is 5.41 Å². The first-order valence-electron chi connectivity index (χ1n) is 9.95. The molecule has 1 aliphatic carbocycles. The fourth-order valence-electron chi connectivity index (χ4n) is 3.64. The van der Waals surface area contributed by atoms with Gasteiger partial charge in [-0.3, -0.25) is 0 Å². The molecule has 1 fully saturated rings. The fraction of sp³-hybridized carbons (Fsp3) is 0.348. The van der Waals surface area contributed by atoms with E-state index in [1.165, 1.54) is 12.8 Å². The molecule has 0 atom stereocenters. The number of imidazole rings is 2. The highest BCUT2D eigenvalue weighted by molar-refractivity contribution is 5.81. The van der Waals surface area contributed by atoms with Crippen molar-refractivity contribution >= 4 is 11.2 Å². The molecule has 1 N–H and O–H groups in total. The Morgan fingerprint density at radius 3 is 2.54 bits per heavy atom. The van der Waals surface area contributed by atoms with Crippen molar-refractivity contribution in [3.8, 4) is 22.6 Å². The van der Waals surface area contributed by atoms with Crippen molar-refractivity contribution < 1.29 is 0 Å². The van der Waals surface area contributed by atoms with Gasteiger partial charge >= 0.3 is 0 Å². The van der Waals surface area contributed by atoms with Crippen molar-refractivity contribution in [2.75, 3.05) is 0 Å². The monoisotopic (exact) mass is 371 g/mol. The van der Waals surface area contributed by atoms with Gasteiger partial charge in [-0.25, -0.2) is 15.0 Å². The minimum absolute atomic E-state index is 0.160. The number of hydrogen-bond acceptors (Lipinski definition) is 3. The average molecular weight is 371 g/mol. The van der Waals surface area contributed by atoms with Gasteiger partial charge in [-0.1, -0.05) is 51.1 Å². The van der Waals surface area contributed by atoms with Gasteiger partial charge in [0.25, 0.3) is 0 Å². The highest BCUT2D eigenvalue weighted by Gasteiger charge is 2.29. The summed E-state index contributed by atoms with van der Waals surface area (Å²) < 4.78 is 2.15. The zero-order valence-electron chi connectivity index (χ0n) is 16.6. The molecule has 0 aliphatic heterocycles. The molecule has 1 aromatic carbocycles. The standard InChI is InChI=1S/C23H25N5/c1-23(2,3)13-28-14-24-18-12-11-17(25-22(18)28)20-19(15-7-5-4-6-8-15)26-21(27-20)16-9-10-16/h4-8,11-12,14,16H,9-10,13H2,1-3H3,(H,26,27). The fourth-order valence-corrected chi connectivity index (χ4v) is 3.64. The van der Waals surface area contributed by atoms with Gasteiger partial charge in [0.05, 0.1) is 23.4 Å². The molecule has 0 saturated heterocycles. The zero-order valence-corrected chi connectivity index (χ0v) is 16.6. The molecule has 4 aromatic rings. The normalized spacial score (nSPS) is 14.7. The Bertz CT molecular complexity index is 1130. The van der Waals surface area contributed by atoms with Gasteiger partial charge in [0.1, 0.15) is 11.3 Å². The van der Waals surface area contributed by atoms with Crippen LogP contribution in [0.15, 0.2) is 48.8 Å². The lowest BCUT2D eigenvalue weighted by molar-refractivity contribution is 0.347. The van der Waals surface area contributed by atoms with E-state index in [9.17, 15) is 0 Å². The Morgan fingerprint density at radius 1 is 1.04 bits per heavy atom. The molecule has 0 amide bonds. The van der Waals surface area contributed by atoms with E-state index in [0.29, 0.717) is 5.92 Å². The summed E-state index contributed by atoms with van der Waals surface area (Å²) in [5.74, 6) is 1.64. The van der Waals surface area contributed by atoms with Crippen LogP contribution < -0.4 is 0 Å². The third-order valence-electron chi connectivity index (χ3n) is 5.10. The summed E-state index contributed by atoms with van der Waals surface area (Å²) in [6.07, 6.45) is 4.32. The van der Waals surface area contributed by atoms with Crippen molar-refractivity contribution in [1.29, 1.82) is 0 Å². The van der Waals surface area contributed by atoms with Crippen LogP contribution in [-0.2, 0) is 6.54 Å². The van der Waals surface area contributed by atoms with Gasteiger partial charge in [-0.05, 0) is 30.4 Å². The first-order valence-corrected chi connectivity index (χ1v) is 9.95. The van der Waals surface area contributed by atoms with Crippen LogP contribution >= 0.6 is 0 Å². The molecular formula is C23H25N5. The first-order chi connectivity index (χ1) is 13.5. The van der Waals surface area contributed by atoms with Gasteiger partial charge in [0.15, 0.2) is 5.65 Å². The summed E-state index contributed by atoms with van der Waals surface area (Å²) in [7, 11) is 0. The predicted molar refractivity (Wildman–Crippen MR) is 112 cm³/mol. The van der Waals surface area contributed by atoms with Crippen LogP contribution in [0.1, 0.15) is 45.4 Å². The molecule has 5 heteroatoms. The molecule has 0 radical (unpaired) electrons. The van der Waals surface area contributed by atoms with Crippen molar-refractivity contribution in [1.82, 2.24) is 24.5 Å². The summed E-state index contributed by atoms with van der Waals surface area (Å²) in [4.78, 5) is 18.1. The minimum atomic E-state index is 0.160. The predicted octanol–water partition coefficient (Wildman–Crippen LogP) is 5.41. The molecular weight excluding hydrogens is 346 g/mol. The van der Waals surface area contributed by atoms with Crippen LogP contribution in [0, 0.1) is 5.41 Å². The number of pyridine rings is 1. The van der Waals surface area contributed by atoms with Crippen molar-refractivity contribution in [3.63, 3.8) is 0 Å². The van der Waals surface area contributed by atoms with Crippen LogP contribution in [0.3, 0.4) is 0 Å². The van der Waals surface area contributed by atoms with E-state index in [4.69, 9.17) is 9.97 Å². The number of aromatic amines is 1. The second kappa shape index (κ2) is 6.30. The Kier molecular flexibility index (Phi) is 3.86. The van der Waals surface area contributed by atoms with Crippen LogP contribution in [0.2, 0.25) is 0 Å². The van der Waals surface area contributed by atoms with E-state index in [2.05, 4.69) is 65.6 Å². The Balaban J connectivity index is 1.64. The third kappa shape index (κ3) is 3.21. The van der Waals surface area contributed by atoms with Gasteiger partial charge < -0.3 is 9.55 Å². The lowest BCUT2D eigenvalue weighted by Crippen LogP contribution is -2.15. The third-order valence-corrected chi connectivity index (χ3v) is 5.10. The molecule has 1 aliphatic rings. The van der Waals surface area contributed by atoms with Crippen molar-refractivity contribution in [2.24, 2.45) is 5.41 Å². The molecule has 28 heavy (non-hydrogen) atoms. The topological polar surface area (TPSA) is 59.4 Å². The van der Waals surface area contributed by atoms with Gasteiger partial charge in [-0.2, -0.15) is 0 Å². The zero-order chi connectivity index (χ0) is 19.3. The molecule has 3 heterocycles. The number of benzene rings is 1. The van der Waals surface area contributed by atoms with Crippen LogP contribution in [0.25, 0.3) is 33.8 Å². The number of hydrogen-bond donors (Lipinski definition) is 1. The summed E-state index contributed by atoms with van der Waals surface area (Å²) in [5, 5.41) is 0. The van der Waals surface area contributed by atoms with E-state index < -0.39 is 0 Å². The number of fused-ring (bicyclic) bond motifs is 1. The molecule has 0 unspecified atom stereocenters. The Hall–Kier alpha value is -2.95. The molecule has 5 nitrogen and oxygen atoms in total. The second-order valence-electron chi connectivity index (χ2n) is 8.96. The van der Waals surface area contributed by atoms with Crippen molar-refractivity contribution in [2.45, 2.75) is 46.1 Å². The van der Waals surface area contributed by atoms with Gasteiger partial charge in [0.2, 0.25) is 0 Å². The quantitative estimate of drug-likeness (QED) is 0.522. The highest BCUT2D eigenvalue weighted by atomic mass is 15.1. The SMILES string of the molecule is CC(C)(C)Cn1cnc2ccc(-c3[nH]c(C4CC4)nc3-c3ccccc3)nc21. The van der Waals surface area contributed by atoms with Crippen LogP contribution in [0.5, 0.6) is 0 Å². The maximum Gasteiger partial charge on any atom is 0.160 e. The summed E-state index contributed by atoms with van der Waals surface area (Å²) in [6.45, 7) is 7.56. The molecule has 3 aromatic heterocycles. The van der Waals surface area contributed by atoms with Crippen LogP contribution in [0.4, 0.5) is 0 Å². The van der Waals surface area contributed by atoms with Crippen LogP contribution in [-0.4, -0.2) is 24.5 Å². The molecule has 1 saturated carbocycles. The van der Waals surface area contributed by atoms with Gasteiger partial charge in [-0.15, -0.1) is 0 Å². The summed E-state index contributed by atoms with van der Waals surface area (Å²) >= 11 is 0. The number of rotatable bonds is 4. The maximum absolute atomic E-state index is 5.00. The summed E-state index contributed by atoms with van der Waals surface area (Å²) in [6, 6.07) is 14.5. The molecule has 0 bridgehead atoms. The number of nitrogens with one attached hydrogen (secondary N) is 1. The van der Waals surface area contributed by atoms with E-state index in [1.54, 1.807) is 0 Å². The van der Waals surface area contributed by atoms with E-state index in [0.717, 1.165) is 46.2 Å². The van der Waals surface area contributed by atoms with Crippen molar-refractivity contribution in [3.05, 3.63) is 54.6 Å². The molecule has 5 rings (SSSR count).